The van der Waals surface area contributed by atoms with E-state index in [-0.39, 0.29) is 5.97 Å². The highest BCUT2D eigenvalue weighted by Crippen LogP contribution is 2.32. The molecule has 5 heteroatoms. The Morgan fingerprint density at radius 3 is 2.81 bits per heavy atom. The zero-order valence-corrected chi connectivity index (χ0v) is 12.1. The highest BCUT2D eigenvalue weighted by molar-refractivity contribution is 5.98. The maximum absolute atomic E-state index is 11.9. The molecule has 110 valence electrons. The quantitative estimate of drug-likeness (QED) is 0.877. The minimum atomic E-state index is -0.364. The summed E-state index contributed by atoms with van der Waals surface area (Å²) in [6, 6.07) is 7.30. The van der Waals surface area contributed by atoms with Crippen LogP contribution in [0.15, 0.2) is 30.5 Å². The molecule has 1 aliphatic carbocycles. The number of nitrogens with two attached hydrogens (primary N) is 1. The normalized spacial score (nSPS) is 14.7. The molecule has 0 unspecified atom stereocenters. The fourth-order valence-corrected chi connectivity index (χ4v) is 2.67. The minimum absolute atomic E-state index is 0.364. The van der Waals surface area contributed by atoms with Crippen molar-refractivity contribution < 1.29 is 9.53 Å². The summed E-state index contributed by atoms with van der Waals surface area (Å²) in [7, 11) is 1.38. The van der Waals surface area contributed by atoms with Crippen molar-refractivity contribution >= 4 is 11.8 Å². The number of carbonyl (C=O) groups is 1. The summed E-state index contributed by atoms with van der Waals surface area (Å²) in [4.78, 5) is 11.9. The molecule has 1 aromatic heterocycles. The first-order valence-corrected chi connectivity index (χ1v) is 7.19. The summed E-state index contributed by atoms with van der Waals surface area (Å²) in [5.41, 5.74) is 8.28. The van der Waals surface area contributed by atoms with Gasteiger partial charge in [-0.25, -0.2) is 9.48 Å². The molecule has 2 N–H and O–H groups in total. The molecule has 0 saturated heterocycles. The van der Waals surface area contributed by atoms with Gasteiger partial charge >= 0.3 is 5.97 Å². The second-order valence-corrected chi connectivity index (χ2v) is 5.46. The van der Waals surface area contributed by atoms with Crippen LogP contribution in [0.1, 0.15) is 29.6 Å². The van der Waals surface area contributed by atoms with Crippen LogP contribution in [-0.4, -0.2) is 22.9 Å². The van der Waals surface area contributed by atoms with Crippen molar-refractivity contribution in [3.63, 3.8) is 0 Å². The molecule has 1 saturated carbocycles. The van der Waals surface area contributed by atoms with Crippen molar-refractivity contribution in [2.75, 3.05) is 12.8 Å². The summed E-state index contributed by atoms with van der Waals surface area (Å²) in [5, 5.41) is 4.38. The van der Waals surface area contributed by atoms with Crippen molar-refractivity contribution in [3.05, 3.63) is 36.0 Å². The average molecular weight is 285 g/mol. The number of aromatic nitrogens is 2. The van der Waals surface area contributed by atoms with Crippen molar-refractivity contribution in [1.29, 1.82) is 0 Å². The van der Waals surface area contributed by atoms with Gasteiger partial charge in [-0.05, 0) is 24.8 Å². The summed E-state index contributed by atoms with van der Waals surface area (Å²) in [6.07, 6.45) is 5.51. The summed E-state index contributed by atoms with van der Waals surface area (Å²) in [6.45, 7) is 0.853. The molecule has 0 radical (unpaired) electrons. The summed E-state index contributed by atoms with van der Waals surface area (Å²) in [5.74, 6) is 0.922. The number of rotatable bonds is 4. The highest BCUT2D eigenvalue weighted by atomic mass is 16.5. The third-order valence-corrected chi connectivity index (χ3v) is 4.16. The molecule has 2 aromatic rings. The van der Waals surface area contributed by atoms with Crippen LogP contribution in [0, 0.1) is 5.92 Å². The van der Waals surface area contributed by atoms with Gasteiger partial charge < -0.3 is 10.5 Å². The zero-order valence-electron chi connectivity index (χ0n) is 12.1. The Labute approximate surface area is 123 Å². The molecular weight excluding hydrogens is 266 g/mol. The van der Waals surface area contributed by atoms with Crippen LogP contribution in [0.25, 0.3) is 11.1 Å². The lowest BCUT2D eigenvalue weighted by atomic mass is 9.85. The second-order valence-electron chi connectivity index (χ2n) is 5.46. The van der Waals surface area contributed by atoms with Crippen molar-refractivity contribution in [2.45, 2.75) is 25.8 Å². The Kier molecular flexibility index (Phi) is 3.64. The monoisotopic (exact) mass is 285 g/mol. The van der Waals surface area contributed by atoms with Gasteiger partial charge in [0.1, 0.15) is 5.82 Å². The number of hydrogen-bond acceptors (Lipinski definition) is 4. The van der Waals surface area contributed by atoms with Gasteiger partial charge in [-0.15, -0.1) is 0 Å². The first kappa shape index (κ1) is 13.7. The Morgan fingerprint density at radius 2 is 2.14 bits per heavy atom. The number of nitrogen functional groups attached to an aromatic ring is 1. The van der Waals surface area contributed by atoms with Crippen LogP contribution >= 0.6 is 0 Å². The van der Waals surface area contributed by atoms with Crippen LogP contribution in [0.3, 0.4) is 0 Å². The van der Waals surface area contributed by atoms with Crippen LogP contribution in [0.2, 0.25) is 0 Å². The first-order chi connectivity index (χ1) is 10.2. The molecule has 5 nitrogen and oxygen atoms in total. The molecule has 3 rings (SSSR count). The largest absolute Gasteiger partial charge is 0.465 e. The van der Waals surface area contributed by atoms with Gasteiger partial charge in [-0.1, -0.05) is 24.6 Å². The molecular formula is C16H19N3O2. The van der Waals surface area contributed by atoms with E-state index >= 15 is 0 Å². The third-order valence-electron chi connectivity index (χ3n) is 4.16. The third kappa shape index (κ3) is 2.51. The maximum atomic E-state index is 11.9. The van der Waals surface area contributed by atoms with E-state index in [1.165, 1.54) is 26.4 Å². The summed E-state index contributed by atoms with van der Waals surface area (Å²) < 4.78 is 6.67. The van der Waals surface area contributed by atoms with E-state index < -0.39 is 0 Å². The van der Waals surface area contributed by atoms with Gasteiger partial charge in [0.15, 0.2) is 0 Å². The van der Waals surface area contributed by atoms with E-state index in [1.54, 1.807) is 12.3 Å². The number of hydrogen-bond donors (Lipinski definition) is 1. The first-order valence-electron chi connectivity index (χ1n) is 7.19. The molecule has 0 bridgehead atoms. The van der Waals surface area contributed by atoms with E-state index in [4.69, 9.17) is 10.5 Å². The number of methoxy groups -OCH3 is 1. The van der Waals surface area contributed by atoms with Crippen LogP contribution in [0.5, 0.6) is 0 Å². The molecule has 1 aromatic carbocycles. The lowest BCUT2D eigenvalue weighted by molar-refractivity contribution is 0.0601. The van der Waals surface area contributed by atoms with E-state index in [0.29, 0.717) is 17.3 Å². The van der Waals surface area contributed by atoms with Gasteiger partial charge in [0, 0.05) is 17.7 Å². The Balaban J connectivity index is 1.95. The standard InChI is InChI=1S/C16H19N3O2/c1-21-16(20)13-8-3-2-7-12(13)14-9-18-19(15(14)17)10-11-5-4-6-11/h2-3,7-9,11H,4-6,10,17H2,1H3. The lowest BCUT2D eigenvalue weighted by Gasteiger charge is -2.25. The Hall–Kier alpha value is -2.30. The number of ether oxygens (including phenoxy) is 1. The number of benzene rings is 1. The van der Waals surface area contributed by atoms with Crippen molar-refractivity contribution in [3.8, 4) is 11.1 Å². The summed E-state index contributed by atoms with van der Waals surface area (Å²) >= 11 is 0. The fourth-order valence-electron chi connectivity index (χ4n) is 2.67. The van der Waals surface area contributed by atoms with Crippen LogP contribution < -0.4 is 5.73 Å². The predicted molar refractivity (Wildman–Crippen MR) is 80.8 cm³/mol. The average Bonchev–Trinajstić information content (AvgIpc) is 2.83. The molecule has 0 amide bonds. The molecule has 1 fully saturated rings. The molecule has 21 heavy (non-hydrogen) atoms. The molecule has 0 spiro atoms. The van der Waals surface area contributed by atoms with Crippen molar-refractivity contribution in [1.82, 2.24) is 9.78 Å². The predicted octanol–water partition coefficient (Wildman–Crippen LogP) is 2.72. The fraction of sp³-hybridized carbons (Fsp3) is 0.375. The van der Waals surface area contributed by atoms with Gasteiger partial charge in [0.2, 0.25) is 0 Å². The van der Waals surface area contributed by atoms with E-state index in [9.17, 15) is 4.79 Å². The second kappa shape index (κ2) is 5.60. The smallest absolute Gasteiger partial charge is 0.338 e. The Bertz CT molecular complexity index is 659. The van der Waals surface area contributed by atoms with Gasteiger partial charge in [-0.2, -0.15) is 5.10 Å². The maximum Gasteiger partial charge on any atom is 0.338 e. The number of anilines is 1. The zero-order chi connectivity index (χ0) is 14.8. The van der Waals surface area contributed by atoms with Gasteiger partial charge in [0.25, 0.3) is 0 Å². The van der Waals surface area contributed by atoms with Crippen LogP contribution in [-0.2, 0) is 11.3 Å². The number of esters is 1. The van der Waals surface area contributed by atoms with Gasteiger partial charge in [-0.3, -0.25) is 0 Å². The van der Waals surface area contributed by atoms with Crippen molar-refractivity contribution in [2.24, 2.45) is 5.92 Å². The minimum Gasteiger partial charge on any atom is -0.465 e. The Morgan fingerprint density at radius 1 is 1.38 bits per heavy atom. The topological polar surface area (TPSA) is 70.1 Å². The number of nitrogens with zero attached hydrogens (tertiary/aromatic N) is 2. The molecule has 1 aliphatic rings. The van der Waals surface area contributed by atoms with Gasteiger partial charge in [0.05, 0.1) is 18.9 Å². The van der Waals surface area contributed by atoms with Crippen LogP contribution in [0.4, 0.5) is 5.82 Å². The lowest BCUT2D eigenvalue weighted by Crippen LogP contribution is -2.19. The van der Waals surface area contributed by atoms with E-state index in [1.807, 2.05) is 22.9 Å². The SMILES string of the molecule is COC(=O)c1ccccc1-c1cnn(CC2CCC2)c1N. The molecule has 0 aliphatic heterocycles. The molecule has 0 atom stereocenters. The van der Waals surface area contributed by atoms with E-state index in [0.717, 1.165) is 17.7 Å². The number of carbonyl (C=O) groups excluding carboxylic acids is 1. The highest BCUT2D eigenvalue weighted by Gasteiger charge is 2.21. The van der Waals surface area contributed by atoms with E-state index in [2.05, 4.69) is 5.10 Å². The molecule has 1 heterocycles.